The second-order valence-corrected chi connectivity index (χ2v) is 5.68. The standard InChI is InChI=1S/C12H9Cl2N3O3S/c13-6-1-2-7(14)8(3-6)20-5-10(18)17-12-16-4-9(21-12)11(15)19/h1-4H,5H2,(H2,15,19)(H,16,17,18). The summed E-state index contributed by atoms with van der Waals surface area (Å²) in [7, 11) is 0. The zero-order chi connectivity index (χ0) is 15.4. The lowest BCUT2D eigenvalue weighted by Gasteiger charge is -2.07. The molecule has 1 heterocycles. The number of nitrogens with two attached hydrogens (primary N) is 1. The van der Waals surface area contributed by atoms with Gasteiger partial charge in [0.05, 0.1) is 11.2 Å². The summed E-state index contributed by atoms with van der Waals surface area (Å²) in [4.78, 5) is 26.7. The van der Waals surface area contributed by atoms with E-state index >= 15 is 0 Å². The molecular formula is C12H9Cl2N3O3S. The van der Waals surface area contributed by atoms with E-state index in [1.807, 2.05) is 0 Å². The summed E-state index contributed by atoms with van der Waals surface area (Å²) in [5.41, 5.74) is 5.09. The van der Waals surface area contributed by atoms with Gasteiger partial charge in [-0.1, -0.05) is 34.5 Å². The van der Waals surface area contributed by atoms with Crippen LogP contribution in [0.3, 0.4) is 0 Å². The van der Waals surface area contributed by atoms with Gasteiger partial charge in [-0.05, 0) is 12.1 Å². The molecule has 2 rings (SSSR count). The van der Waals surface area contributed by atoms with Crippen molar-refractivity contribution in [3.05, 3.63) is 39.3 Å². The van der Waals surface area contributed by atoms with Gasteiger partial charge in [0.15, 0.2) is 11.7 Å². The fraction of sp³-hybridized carbons (Fsp3) is 0.0833. The van der Waals surface area contributed by atoms with E-state index in [4.69, 9.17) is 33.7 Å². The number of thiazole rings is 1. The first-order chi connectivity index (χ1) is 9.95. The zero-order valence-electron chi connectivity index (χ0n) is 10.4. The molecule has 0 saturated carbocycles. The maximum atomic E-state index is 11.7. The van der Waals surface area contributed by atoms with E-state index in [0.29, 0.717) is 15.8 Å². The minimum Gasteiger partial charge on any atom is -0.482 e. The number of anilines is 1. The van der Waals surface area contributed by atoms with Gasteiger partial charge >= 0.3 is 0 Å². The molecule has 0 unspecified atom stereocenters. The minimum atomic E-state index is -0.602. The van der Waals surface area contributed by atoms with E-state index in [2.05, 4.69) is 10.3 Å². The van der Waals surface area contributed by atoms with Crippen molar-refractivity contribution in [2.45, 2.75) is 0 Å². The Morgan fingerprint density at radius 3 is 2.81 bits per heavy atom. The number of aromatic nitrogens is 1. The normalized spacial score (nSPS) is 10.2. The third-order valence-corrected chi connectivity index (χ3v) is 3.72. The van der Waals surface area contributed by atoms with Crippen molar-refractivity contribution >= 4 is 51.5 Å². The Balaban J connectivity index is 1.92. The number of carbonyl (C=O) groups excluding carboxylic acids is 2. The van der Waals surface area contributed by atoms with Gasteiger partial charge in [-0.15, -0.1) is 0 Å². The molecule has 0 aliphatic carbocycles. The second kappa shape index (κ2) is 6.75. The van der Waals surface area contributed by atoms with Crippen LogP contribution in [0, 0.1) is 0 Å². The fourth-order valence-corrected chi connectivity index (χ4v) is 2.35. The van der Waals surface area contributed by atoms with Gasteiger partial charge in [0.1, 0.15) is 10.6 Å². The molecule has 0 radical (unpaired) electrons. The van der Waals surface area contributed by atoms with Gasteiger partial charge in [-0.3, -0.25) is 14.9 Å². The lowest BCUT2D eigenvalue weighted by molar-refractivity contribution is -0.118. The van der Waals surface area contributed by atoms with Crippen molar-refractivity contribution in [3.63, 3.8) is 0 Å². The highest BCUT2D eigenvalue weighted by atomic mass is 35.5. The summed E-state index contributed by atoms with van der Waals surface area (Å²) >= 11 is 12.7. The summed E-state index contributed by atoms with van der Waals surface area (Å²) in [5, 5.41) is 3.53. The van der Waals surface area contributed by atoms with Crippen LogP contribution in [0.2, 0.25) is 10.0 Å². The molecule has 6 nitrogen and oxygen atoms in total. The van der Waals surface area contributed by atoms with Crippen LogP contribution in [0.1, 0.15) is 9.67 Å². The molecule has 0 saturated heterocycles. The van der Waals surface area contributed by atoms with Crippen LogP contribution in [-0.4, -0.2) is 23.4 Å². The molecule has 110 valence electrons. The van der Waals surface area contributed by atoms with Crippen molar-refractivity contribution in [2.24, 2.45) is 5.73 Å². The van der Waals surface area contributed by atoms with E-state index in [1.165, 1.54) is 12.3 Å². The molecule has 0 bridgehead atoms. The molecule has 0 aliphatic rings. The van der Waals surface area contributed by atoms with E-state index in [9.17, 15) is 9.59 Å². The minimum absolute atomic E-state index is 0.254. The molecule has 2 aromatic rings. The van der Waals surface area contributed by atoms with Gasteiger partial charge < -0.3 is 10.5 Å². The van der Waals surface area contributed by atoms with Gasteiger partial charge in [0, 0.05) is 11.1 Å². The molecule has 2 amide bonds. The van der Waals surface area contributed by atoms with Crippen molar-refractivity contribution in [3.8, 4) is 5.75 Å². The van der Waals surface area contributed by atoms with Crippen molar-refractivity contribution in [1.29, 1.82) is 0 Å². The maximum absolute atomic E-state index is 11.7. The number of halogens is 2. The number of amides is 2. The van der Waals surface area contributed by atoms with Crippen LogP contribution in [-0.2, 0) is 4.79 Å². The topological polar surface area (TPSA) is 94.3 Å². The molecule has 21 heavy (non-hydrogen) atoms. The molecule has 0 atom stereocenters. The average Bonchev–Trinajstić information content (AvgIpc) is 2.88. The number of hydrogen-bond donors (Lipinski definition) is 2. The summed E-state index contributed by atoms with van der Waals surface area (Å²) in [6.45, 7) is -0.272. The van der Waals surface area contributed by atoms with Crippen LogP contribution in [0.15, 0.2) is 24.4 Å². The largest absolute Gasteiger partial charge is 0.482 e. The van der Waals surface area contributed by atoms with Crippen LogP contribution in [0.25, 0.3) is 0 Å². The van der Waals surface area contributed by atoms with E-state index in [0.717, 1.165) is 11.3 Å². The Morgan fingerprint density at radius 1 is 1.38 bits per heavy atom. The molecule has 1 aromatic carbocycles. The Kier molecular flexibility index (Phi) is 5.00. The summed E-state index contributed by atoms with van der Waals surface area (Å²) in [6.07, 6.45) is 1.29. The second-order valence-electron chi connectivity index (χ2n) is 3.81. The van der Waals surface area contributed by atoms with Crippen molar-refractivity contribution in [1.82, 2.24) is 4.98 Å². The van der Waals surface area contributed by atoms with E-state index in [-0.39, 0.29) is 16.6 Å². The maximum Gasteiger partial charge on any atom is 0.264 e. The van der Waals surface area contributed by atoms with Crippen LogP contribution in [0.5, 0.6) is 5.75 Å². The molecule has 0 spiro atoms. The van der Waals surface area contributed by atoms with Gasteiger partial charge in [-0.2, -0.15) is 0 Å². The number of rotatable bonds is 5. The SMILES string of the molecule is NC(=O)c1cnc(NC(=O)COc2cc(Cl)ccc2Cl)s1. The summed E-state index contributed by atoms with van der Waals surface area (Å²) in [5.74, 6) is -0.748. The molecule has 3 N–H and O–H groups in total. The monoisotopic (exact) mass is 345 g/mol. The first-order valence-corrected chi connectivity index (χ1v) is 7.16. The predicted octanol–water partition coefficient (Wildman–Crippen LogP) is 2.57. The number of benzene rings is 1. The first-order valence-electron chi connectivity index (χ1n) is 5.59. The average molecular weight is 346 g/mol. The summed E-state index contributed by atoms with van der Waals surface area (Å²) < 4.78 is 5.26. The van der Waals surface area contributed by atoms with Crippen molar-refractivity contribution < 1.29 is 14.3 Å². The number of ether oxygens (including phenoxy) is 1. The van der Waals surface area contributed by atoms with Crippen LogP contribution in [0.4, 0.5) is 5.13 Å². The van der Waals surface area contributed by atoms with Crippen LogP contribution >= 0.6 is 34.5 Å². The number of carbonyl (C=O) groups is 2. The number of hydrogen-bond acceptors (Lipinski definition) is 5. The lowest BCUT2D eigenvalue weighted by Crippen LogP contribution is -2.20. The number of nitrogens with one attached hydrogen (secondary N) is 1. The van der Waals surface area contributed by atoms with Crippen molar-refractivity contribution in [2.75, 3.05) is 11.9 Å². The lowest BCUT2D eigenvalue weighted by atomic mass is 10.3. The predicted molar refractivity (Wildman–Crippen MR) is 81.2 cm³/mol. The van der Waals surface area contributed by atoms with Gasteiger partial charge in [-0.25, -0.2) is 4.98 Å². The summed E-state index contributed by atoms with van der Waals surface area (Å²) in [6, 6.07) is 4.68. The quantitative estimate of drug-likeness (QED) is 0.870. The molecule has 1 aromatic heterocycles. The Hall–Kier alpha value is -1.83. The molecule has 0 aliphatic heterocycles. The highest BCUT2D eigenvalue weighted by Gasteiger charge is 2.11. The number of nitrogens with zero attached hydrogens (tertiary/aromatic N) is 1. The highest BCUT2D eigenvalue weighted by Crippen LogP contribution is 2.27. The van der Waals surface area contributed by atoms with Gasteiger partial charge in [0.2, 0.25) is 0 Å². The third kappa shape index (κ3) is 4.32. The first kappa shape index (κ1) is 15.6. The zero-order valence-corrected chi connectivity index (χ0v) is 12.8. The number of primary amides is 1. The van der Waals surface area contributed by atoms with Crippen LogP contribution < -0.4 is 15.8 Å². The third-order valence-electron chi connectivity index (χ3n) is 2.25. The fourth-order valence-electron chi connectivity index (χ4n) is 1.33. The van der Waals surface area contributed by atoms with E-state index in [1.54, 1.807) is 12.1 Å². The molecular weight excluding hydrogens is 337 g/mol. The highest BCUT2D eigenvalue weighted by molar-refractivity contribution is 7.17. The van der Waals surface area contributed by atoms with E-state index < -0.39 is 11.8 Å². The van der Waals surface area contributed by atoms with Gasteiger partial charge in [0.25, 0.3) is 11.8 Å². The Morgan fingerprint density at radius 2 is 2.14 bits per heavy atom. The Bertz CT molecular complexity index is 690. The Labute approximate surface area is 133 Å². The molecule has 0 fully saturated rings. The smallest absolute Gasteiger partial charge is 0.264 e. The molecule has 9 heteroatoms.